The maximum atomic E-state index is 12.3. The van der Waals surface area contributed by atoms with Crippen LogP contribution in [0.25, 0.3) is 0 Å². The molecule has 224 valence electrons. The number of benzene rings is 2. The van der Waals surface area contributed by atoms with E-state index in [9.17, 15) is 4.79 Å². The van der Waals surface area contributed by atoms with Gasteiger partial charge < -0.3 is 34.6 Å². The van der Waals surface area contributed by atoms with E-state index in [2.05, 4.69) is 37.6 Å². The average Bonchev–Trinajstić information content (AvgIpc) is 3.20. The van der Waals surface area contributed by atoms with Gasteiger partial charge in [0, 0.05) is 46.3 Å². The summed E-state index contributed by atoms with van der Waals surface area (Å²) in [6.07, 6.45) is 3.24. The lowest BCUT2D eigenvalue weighted by Crippen LogP contribution is -2.37. The Bertz CT molecular complexity index is 1410. The standard InChI is InChI=1S/C30H38ClN7O4/c1-36(2)28(39)19-37-9-7-20-15-25(27(41-4)16-21(20)8-10-37)34-30-32-18-23(31)29(35-30)33-24-6-5-22(40-3)17-26(24)38-11-13-42-14-12-38/h5-6,15-18H,7-14,19H2,1-4H3,(H2,32,33,34,35). The van der Waals surface area contributed by atoms with Crippen molar-refractivity contribution >= 4 is 46.3 Å². The van der Waals surface area contributed by atoms with Crippen molar-refractivity contribution < 1.29 is 19.0 Å². The van der Waals surface area contributed by atoms with Gasteiger partial charge in [0.25, 0.3) is 0 Å². The van der Waals surface area contributed by atoms with Crippen LogP contribution in [0.3, 0.4) is 0 Å². The number of rotatable bonds is 9. The fourth-order valence-electron chi connectivity index (χ4n) is 5.13. The van der Waals surface area contributed by atoms with Crippen LogP contribution in [0, 0.1) is 0 Å². The Balaban J connectivity index is 1.36. The van der Waals surface area contributed by atoms with Crippen LogP contribution in [-0.4, -0.2) is 99.9 Å². The minimum Gasteiger partial charge on any atom is -0.497 e. The number of nitrogens with one attached hydrogen (secondary N) is 2. The maximum absolute atomic E-state index is 12.3. The molecule has 3 aromatic rings. The molecule has 11 nitrogen and oxygen atoms in total. The van der Waals surface area contributed by atoms with E-state index in [0.29, 0.717) is 42.3 Å². The molecular formula is C30H38ClN7O4. The summed E-state index contributed by atoms with van der Waals surface area (Å²) in [4.78, 5) is 27.5. The highest BCUT2D eigenvalue weighted by molar-refractivity contribution is 6.33. The molecule has 1 amide bonds. The van der Waals surface area contributed by atoms with E-state index < -0.39 is 0 Å². The summed E-state index contributed by atoms with van der Waals surface area (Å²) < 4.78 is 16.8. The summed E-state index contributed by atoms with van der Waals surface area (Å²) in [7, 11) is 6.89. The van der Waals surface area contributed by atoms with E-state index in [4.69, 9.17) is 30.8 Å². The number of amides is 1. The van der Waals surface area contributed by atoms with Crippen molar-refractivity contribution in [3.8, 4) is 11.5 Å². The number of anilines is 5. The second-order valence-corrected chi connectivity index (χ2v) is 10.9. The van der Waals surface area contributed by atoms with E-state index in [1.807, 2.05) is 18.2 Å². The molecule has 2 aliphatic heterocycles. The highest BCUT2D eigenvalue weighted by Crippen LogP contribution is 2.36. The molecule has 1 fully saturated rings. The van der Waals surface area contributed by atoms with Crippen LogP contribution < -0.4 is 25.0 Å². The monoisotopic (exact) mass is 595 g/mol. The van der Waals surface area contributed by atoms with Gasteiger partial charge >= 0.3 is 0 Å². The molecular weight excluding hydrogens is 558 g/mol. The van der Waals surface area contributed by atoms with Gasteiger partial charge in [0.05, 0.1) is 57.2 Å². The third kappa shape index (κ3) is 6.97. The predicted octanol–water partition coefficient (Wildman–Crippen LogP) is 3.96. The van der Waals surface area contributed by atoms with Gasteiger partial charge in [-0.25, -0.2) is 4.98 Å². The van der Waals surface area contributed by atoms with Crippen LogP contribution in [0.1, 0.15) is 11.1 Å². The number of methoxy groups -OCH3 is 2. The molecule has 2 aromatic carbocycles. The summed E-state index contributed by atoms with van der Waals surface area (Å²) >= 11 is 6.56. The number of morpholine rings is 1. The fourth-order valence-corrected chi connectivity index (χ4v) is 5.27. The molecule has 0 spiro atoms. The van der Waals surface area contributed by atoms with Gasteiger partial charge in [-0.1, -0.05) is 11.6 Å². The molecule has 1 aromatic heterocycles. The molecule has 42 heavy (non-hydrogen) atoms. The topological polar surface area (TPSA) is 104 Å². The van der Waals surface area contributed by atoms with E-state index >= 15 is 0 Å². The summed E-state index contributed by atoms with van der Waals surface area (Å²) in [6, 6.07) is 10.0. The second kappa shape index (κ2) is 13.5. The Morgan fingerprint density at radius 1 is 1.00 bits per heavy atom. The first kappa shape index (κ1) is 29.7. The molecule has 12 heteroatoms. The molecule has 0 aliphatic carbocycles. The zero-order valence-corrected chi connectivity index (χ0v) is 25.3. The molecule has 0 atom stereocenters. The summed E-state index contributed by atoms with van der Waals surface area (Å²) in [5.41, 5.74) is 5.02. The average molecular weight is 596 g/mol. The number of fused-ring (bicyclic) bond motifs is 1. The lowest BCUT2D eigenvalue weighted by Gasteiger charge is -2.31. The van der Waals surface area contributed by atoms with Gasteiger partial charge in [0.15, 0.2) is 5.82 Å². The highest BCUT2D eigenvalue weighted by atomic mass is 35.5. The normalized spacial score (nSPS) is 15.4. The van der Waals surface area contributed by atoms with Crippen LogP contribution in [-0.2, 0) is 22.4 Å². The van der Waals surface area contributed by atoms with Crippen LogP contribution in [0.5, 0.6) is 11.5 Å². The first-order chi connectivity index (χ1) is 20.3. The van der Waals surface area contributed by atoms with E-state index in [-0.39, 0.29) is 5.91 Å². The molecule has 3 heterocycles. The van der Waals surface area contributed by atoms with Gasteiger partial charge in [0.2, 0.25) is 11.9 Å². The Labute approximate surface area is 251 Å². The van der Waals surface area contributed by atoms with Crippen molar-refractivity contribution in [3.05, 3.63) is 52.7 Å². The van der Waals surface area contributed by atoms with Crippen molar-refractivity contribution in [1.29, 1.82) is 0 Å². The molecule has 5 rings (SSSR count). The lowest BCUT2D eigenvalue weighted by molar-refractivity contribution is -0.129. The molecule has 0 unspecified atom stereocenters. The van der Waals surface area contributed by atoms with Crippen LogP contribution >= 0.6 is 11.6 Å². The van der Waals surface area contributed by atoms with E-state index in [0.717, 1.165) is 61.8 Å². The number of halogens is 1. The van der Waals surface area contributed by atoms with Crippen molar-refractivity contribution in [2.24, 2.45) is 0 Å². The minimum atomic E-state index is 0.108. The maximum Gasteiger partial charge on any atom is 0.236 e. The van der Waals surface area contributed by atoms with E-state index in [1.54, 1.807) is 39.4 Å². The van der Waals surface area contributed by atoms with Gasteiger partial charge in [-0.05, 0) is 48.2 Å². The quantitative estimate of drug-likeness (QED) is 0.378. The van der Waals surface area contributed by atoms with Gasteiger partial charge in [-0.15, -0.1) is 0 Å². The number of nitrogens with zero attached hydrogens (tertiary/aromatic N) is 5. The molecule has 0 radical (unpaired) electrons. The smallest absolute Gasteiger partial charge is 0.236 e. The zero-order valence-electron chi connectivity index (χ0n) is 24.6. The predicted molar refractivity (Wildman–Crippen MR) is 165 cm³/mol. The third-order valence-electron chi connectivity index (χ3n) is 7.57. The zero-order chi connectivity index (χ0) is 29.6. The number of carbonyl (C=O) groups excluding carboxylic acids is 1. The molecule has 0 bridgehead atoms. The lowest BCUT2D eigenvalue weighted by atomic mass is 10.0. The van der Waals surface area contributed by atoms with Crippen LogP contribution in [0.2, 0.25) is 5.02 Å². The largest absolute Gasteiger partial charge is 0.497 e. The van der Waals surface area contributed by atoms with Crippen molar-refractivity contribution in [2.45, 2.75) is 12.8 Å². The van der Waals surface area contributed by atoms with Gasteiger partial charge in [0.1, 0.15) is 16.5 Å². The number of likely N-dealkylation sites (N-methyl/N-ethyl adjacent to an activating group) is 1. The third-order valence-corrected chi connectivity index (χ3v) is 7.85. The first-order valence-corrected chi connectivity index (χ1v) is 14.4. The Morgan fingerprint density at radius 2 is 1.74 bits per heavy atom. The molecule has 1 saturated heterocycles. The molecule has 0 saturated carbocycles. The summed E-state index contributed by atoms with van der Waals surface area (Å²) in [5.74, 6) is 2.43. The Morgan fingerprint density at radius 3 is 2.43 bits per heavy atom. The number of carbonyl (C=O) groups is 1. The van der Waals surface area contributed by atoms with Gasteiger partial charge in [-0.3, -0.25) is 9.69 Å². The minimum absolute atomic E-state index is 0.108. The Hall–Kier alpha value is -3.80. The number of aromatic nitrogens is 2. The van der Waals surface area contributed by atoms with Gasteiger partial charge in [-0.2, -0.15) is 4.98 Å². The molecule has 2 N–H and O–H groups in total. The van der Waals surface area contributed by atoms with E-state index in [1.165, 1.54) is 11.1 Å². The number of hydrogen-bond acceptors (Lipinski definition) is 10. The SMILES string of the molecule is COc1ccc(Nc2nc(Nc3cc4c(cc3OC)CCN(CC(=O)N(C)C)CC4)ncc2Cl)c(N2CCOCC2)c1. The van der Waals surface area contributed by atoms with Crippen LogP contribution in [0.4, 0.5) is 28.8 Å². The summed E-state index contributed by atoms with van der Waals surface area (Å²) in [5, 5.41) is 7.13. The fraction of sp³-hybridized carbons (Fsp3) is 0.433. The summed E-state index contributed by atoms with van der Waals surface area (Å²) in [6.45, 7) is 4.90. The van der Waals surface area contributed by atoms with Crippen molar-refractivity contribution in [2.75, 3.05) is 89.8 Å². The highest BCUT2D eigenvalue weighted by Gasteiger charge is 2.21. The van der Waals surface area contributed by atoms with Crippen LogP contribution in [0.15, 0.2) is 36.5 Å². The number of hydrogen-bond donors (Lipinski definition) is 2. The second-order valence-electron chi connectivity index (χ2n) is 10.5. The number of ether oxygens (including phenoxy) is 3. The molecule has 2 aliphatic rings. The first-order valence-electron chi connectivity index (χ1n) is 14.0. The van der Waals surface area contributed by atoms with Crippen molar-refractivity contribution in [3.63, 3.8) is 0 Å². The Kier molecular flexibility index (Phi) is 9.51. The van der Waals surface area contributed by atoms with Crippen molar-refractivity contribution in [1.82, 2.24) is 19.8 Å².